The molecule has 2 aromatic heterocycles. The van der Waals surface area contributed by atoms with Gasteiger partial charge in [0.2, 0.25) is 0 Å². The van der Waals surface area contributed by atoms with Crippen LogP contribution in [0.3, 0.4) is 0 Å². The number of amidine groups is 1. The van der Waals surface area contributed by atoms with E-state index in [1.54, 1.807) is 29.8 Å². The Morgan fingerprint density at radius 3 is 3.12 bits per heavy atom. The van der Waals surface area contributed by atoms with Gasteiger partial charge in [0.1, 0.15) is 12.4 Å². The number of nitrogens with zero attached hydrogens (tertiary/aromatic N) is 2. The van der Waals surface area contributed by atoms with E-state index in [4.69, 9.17) is 15.7 Å². The molecule has 2 rings (SSSR count). The van der Waals surface area contributed by atoms with Crippen molar-refractivity contribution in [1.29, 1.82) is 0 Å². The first-order chi connectivity index (χ1) is 8.31. The van der Waals surface area contributed by atoms with E-state index in [9.17, 15) is 0 Å². The molecular formula is C11H11N3O2S. The van der Waals surface area contributed by atoms with Gasteiger partial charge in [-0.3, -0.25) is 4.98 Å². The van der Waals surface area contributed by atoms with Gasteiger partial charge in [0, 0.05) is 11.1 Å². The van der Waals surface area contributed by atoms with Crippen molar-refractivity contribution in [3.05, 3.63) is 46.4 Å². The number of rotatable bonds is 4. The van der Waals surface area contributed by atoms with Crippen LogP contribution in [0.2, 0.25) is 0 Å². The van der Waals surface area contributed by atoms with Gasteiger partial charge < -0.3 is 15.7 Å². The highest BCUT2D eigenvalue weighted by atomic mass is 32.1. The lowest BCUT2D eigenvalue weighted by atomic mass is 10.2. The highest BCUT2D eigenvalue weighted by Crippen LogP contribution is 2.19. The first-order valence-electron chi connectivity index (χ1n) is 4.88. The van der Waals surface area contributed by atoms with Gasteiger partial charge in [-0.2, -0.15) is 0 Å². The number of oxime groups is 1. The molecule has 0 spiro atoms. The molecule has 0 atom stereocenters. The summed E-state index contributed by atoms with van der Waals surface area (Å²) in [4.78, 5) is 5.04. The summed E-state index contributed by atoms with van der Waals surface area (Å²) in [6, 6.07) is 5.57. The molecule has 0 aromatic carbocycles. The molecule has 0 aliphatic carbocycles. The van der Waals surface area contributed by atoms with Crippen LogP contribution in [0.15, 0.2) is 41.1 Å². The van der Waals surface area contributed by atoms with E-state index >= 15 is 0 Å². The van der Waals surface area contributed by atoms with Crippen LogP contribution in [-0.4, -0.2) is 16.0 Å². The van der Waals surface area contributed by atoms with E-state index < -0.39 is 0 Å². The molecule has 88 valence electrons. The quantitative estimate of drug-likeness (QED) is 0.375. The van der Waals surface area contributed by atoms with Gasteiger partial charge in [-0.05, 0) is 17.5 Å². The van der Waals surface area contributed by atoms with Crippen molar-refractivity contribution in [2.75, 3.05) is 0 Å². The van der Waals surface area contributed by atoms with Crippen LogP contribution in [-0.2, 0) is 6.61 Å². The zero-order valence-corrected chi connectivity index (χ0v) is 9.72. The molecule has 2 heterocycles. The molecule has 0 radical (unpaired) electrons. The maximum Gasteiger partial charge on any atom is 0.173 e. The molecule has 0 saturated carbocycles. The number of nitrogens with two attached hydrogens (primary N) is 1. The van der Waals surface area contributed by atoms with Crippen molar-refractivity contribution in [3.63, 3.8) is 0 Å². The van der Waals surface area contributed by atoms with Crippen LogP contribution < -0.4 is 10.5 Å². The average molecular weight is 249 g/mol. The fourth-order valence-corrected chi connectivity index (χ4v) is 1.92. The fraction of sp³-hybridized carbons (Fsp3) is 0.0909. The first-order valence-corrected chi connectivity index (χ1v) is 5.76. The van der Waals surface area contributed by atoms with Crippen LogP contribution in [0.25, 0.3) is 0 Å². The minimum atomic E-state index is 0.00794. The number of hydrogen-bond donors (Lipinski definition) is 2. The normalized spacial score (nSPS) is 11.4. The summed E-state index contributed by atoms with van der Waals surface area (Å²) < 4.78 is 5.58. The summed E-state index contributed by atoms with van der Waals surface area (Å²) in [6.07, 6.45) is 3.10. The van der Waals surface area contributed by atoms with E-state index in [0.717, 1.165) is 4.88 Å². The molecule has 0 amide bonds. The fourth-order valence-electron chi connectivity index (χ4n) is 1.30. The summed E-state index contributed by atoms with van der Waals surface area (Å²) in [7, 11) is 0. The molecule has 6 heteroatoms. The van der Waals surface area contributed by atoms with Crippen molar-refractivity contribution in [2.24, 2.45) is 10.9 Å². The highest BCUT2D eigenvalue weighted by molar-refractivity contribution is 7.09. The minimum Gasteiger partial charge on any atom is -0.486 e. The maximum atomic E-state index is 8.65. The van der Waals surface area contributed by atoms with E-state index in [1.165, 1.54) is 0 Å². The summed E-state index contributed by atoms with van der Waals surface area (Å²) >= 11 is 1.61. The predicted octanol–water partition coefficient (Wildman–Crippen LogP) is 1.82. The Bertz CT molecular complexity index is 511. The topological polar surface area (TPSA) is 80.7 Å². The third-order valence-electron chi connectivity index (χ3n) is 2.12. The second-order valence-corrected chi connectivity index (χ2v) is 4.26. The van der Waals surface area contributed by atoms with Gasteiger partial charge in [0.15, 0.2) is 5.84 Å². The van der Waals surface area contributed by atoms with Crippen molar-refractivity contribution >= 4 is 17.2 Å². The van der Waals surface area contributed by atoms with Crippen molar-refractivity contribution in [1.82, 2.24) is 4.98 Å². The van der Waals surface area contributed by atoms with Crippen molar-refractivity contribution in [2.45, 2.75) is 6.61 Å². The predicted molar refractivity (Wildman–Crippen MR) is 65.4 cm³/mol. The second-order valence-electron chi connectivity index (χ2n) is 3.23. The highest BCUT2D eigenvalue weighted by Gasteiger charge is 2.08. The molecule has 2 aromatic rings. The molecule has 17 heavy (non-hydrogen) atoms. The Morgan fingerprint density at radius 1 is 1.53 bits per heavy atom. The number of pyridine rings is 1. The van der Waals surface area contributed by atoms with Crippen molar-refractivity contribution < 1.29 is 9.94 Å². The van der Waals surface area contributed by atoms with Crippen molar-refractivity contribution in [3.8, 4) is 5.75 Å². The number of ether oxygens (including phenoxy) is 1. The van der Waals surface area contributed by atoms with E-state index in [-0.39, 0.29) is 5.84 Å². The van der Waals surface area contributed by atoms with Crippen LogP contribution in [0.4, 0.5) is 0 Å². The zero-order valence-electron chi connectivity index (χ0n) is 8.91. The molecule has 0 aliphatic heterocycles. The Kier molecular flexibility index (Phi) is 3.56. The lowest BCUT2D eigenvalue weighted by molar-refractivity contribution is 0.305. The summed E-state index contributed by atoms with van der Waals surface area (Å²) in [5.74, 6) is 0.504. The molecule has 0 aliphatic rings. The Hall–Kier alpha value is -2.08. The molecule has 0 bridgehead atoms. The molecule has 5 nitrogen and oxygen atoms in total. The van der Waals surface area contributed by atoms with Crippen LogP contribution in [0, 0.1) is 0 Å². The van der Waals surface area contributed by atoms with Gasteiger partial charge in [0.05, 0.1) is 11.8 Å². The van der Waals surface area contributed by atoms with E-state index in [1.807, 2.05) is 17.5 Å². The standard InChI is InChI=1S/C11H11N3O2S/c12-11(14-15)9-3-4-13-6-10(9)16-7-8-2-1-5-17-8/h1-6,15H,7H2,(H2,12,14). The lowest BCUT2D eigenvalue weighted by Gasteiger charge is -2.08. The van der Waals surface area contributed by atoms with Crippen LogP contribution in [0.1, 0.15) is 10.4 Å². The summed E-state index contributed by atoms with van der Waals surface area (Å²) in [5, 5.41) is 13.6. The third kappa shape index (κ3) is 2.73. The third-order valence-corrected chi connectivity index (χ3v) is 2.97. The number of hydrogen-bond acceptors (Lipinski definition) is 5. The Labute approximate surface area is 102 Å². The Morgan fingerprint density at radius 2 is 2.41 bits per heavy atom. The molecular weight excluding hydrogens is 238 g/mol. The molecule has 0 unspecified atom stereocenters. The van der Waals surface area contributed by atoms with Gasteiger partial charge in [-0.25, -0.2) is 0 Å². The SMILES string of the molecule is N/C(=N/O)c1ccncc1OCc1cccs1. The van der Waals surface area contributed by atoms with Gasteiger partial charge in [-0.15, -0.1) is 11.3 Å². The number of aromatic nitrogens is 1. The smallest absolute Gasteiger partial charge is 0.173 e. The van der Waals surface area contributed by atoms with Crippen LogP contribution in [0.5, 0.6) is 5.75 Å². The lowest BCUT2D eigenvalue weighted by Crippen LogP contribution is -2.14. The monoisotopic (exact) mass is 249 g/mol. The Balaban J connectivity index is 2.15. The van der Waals surface area contributed by atoms with Gasteiger partial charge in [-0.1, -0.05) is 11.2 Å². The second kappa shape index (κ2) is 5.31. The van der Waals surface area contributed by atoms with Crippen LogP contribution >= 0.6 is 11.3 Å². The average Bonchev–Trinajstić information content (AvgIpc) is 2.89. The maximum absolute atomic E-state index is 8.65. The molecule has 0 fully saturated rings. The zero-order chi connectivity index (χ0) is 12.1. The van der Waals surface area contributed by atoms with Gasteiger partial charge in [0.25, 0.3) is 0 Å². The molecule has 3 N–H and O–H groups in total. The largest absolute Gasteiger partial charge is 0.486 e. The minimum absolute atomic E-state index is 0.00794. The molecule has 0 saturated heterocycles. The summed E-state index contributed by atoms with van der Waals surface area (Å²) in [6.45, 7) is 0.440. The number of thiophene rings is 1. The van der Waals surface area contributed by atoms with E-state index in [2.05, 4.69) is 10.1 Å². The van der Waals surface area contributed by atoms with E-state index in [0.29, 0.717) is 17.9 Å². The van der Waals surface area contributed by atoms with Gasteiger partial charge >= 0.3 is 0 Å². The summed E-state index contributed by atoms with van der Waals surface area (Å²) in [5.41, 5.74) is 6.07. The first kappa shape index (κ1) is 11.4.